The van der Waals surface area contributed by atoms with E-state index in [2.05, 4.69) is 15.3 Å². The van der Waals surface area contributed by atoms with Crippen LogP contribution in [-0.4, -0.2) is 26.9 Å². The number of amides is 2. The number of nitrogens with two attached hydrogens (primary N) is 1. The maximum atomic E-state index is 13.4. The van der Waals surface area contributed by atoms with Crippen LogP contribution in [-0.2, 0) is 4.79 Å². The molecule has 1 aromatic heterocycles. The Morgan fingerprint density at radius 1 is 1.16 bits per heavy atom. The first-order valence-corrected chi connectivity index (χ1v) is 9.95. The predicted octanol–water partition coefficient (Wildman–Crippen LogP) is 3.38. The van der Waals surface area contributed by atoms with Gasteiger partial charge in [0.15, 0.2) is 6.10 Å². The number of benzene rings is 2. The van der Waals surface area contributed by atoms with Gasteiger partial charge in [0.2, 0.25) is 0 Å². The Labute approximate surface area is 182 Å². The Kier molecular flexibility index (Phi) is 5.67. The van der Waals surface area contributed by atoms with Crippen molar-refractivity contribution in [3.63, 3.8) is 0 Å². The molecular formula is C23H20F2N4O3. The number of aryl methyl sites for hydroxylation is 1. The largest absolute Gasteiger partial charge is 0.378 e. The molecule has 9 heteroatoms. The molecule has 4 rings (SSSR count). The number of aromatic nitrogens is 2. The first-order chi connectivity index (χ1) is 15.2. The summed E-state index contributed by atoms with van der Waals surface area (Å²) >= 11 is 0. The molecule has 1 aliphatic rings. The van der Waals surface area contributed by atoms with Crippen LogP contribution < -0.4 is 11.1 Å². The molecule has 32 heavy (non-hydrogen) atoms. The van der Waals surface area contributed by atoms with Crippen molar-refractivity contribution in [2.45, 2.75) is 31.8 Å². The van der Waals surface area contributed by atoms with Gasteiger partial charge in [0.25, 0.3) is 11.8 Å². The van der Waals surface area contributed by atoms with Crippen molar-refractivity contribution in [1.29, 1.82) is 0 Å². The molecule has 2 aromatic carbocycles. The quantitative estimate of drug-likeness (QED) is 0.545. The fourth-order valence-electron chi connectivity index (χ4n) is 3.49. The molecule has 1 saturated carbocycles. The number of anilines is 1. The number of halogens is 2. The molecule has 0 saturated heterocycles. The summed E-state index contributed by atoms with van der Waals surface area (Å²) in [6.45, 7) is 1.78. The predicted molar refractivity (Wildman–Crippen MR) is 113 cm³/mol. The van der Waals surface area contributed by atoms with Gasteiger partial charge in [-0.1, -0.05) is 6.07 Å². The van der Waals surface area contributed by atoms with Crippen LogP contribution in [0.3, 0.4) is 0 Å². The lowest BCUT2D eigenvalue weighted by molar-refractivity contribution is -0.124. The minimum atomic E-state index is -1.75. The molecule has 0 radical (unpaired) electrons. The molecule has 164 valence electrons. The SMILES string of the molecule is Cc1cc(NC(=O)C(O)c2cc(F)cc(F)c2)ccc1-c1cnc(C2CC2)c(C(N)=O)n1. The number of rotatable bonds is 6. The molecular weight excluding hydrogens is 418 g/mol. The summed E-state index contributed by atoms with van der Waals surface area (Å²) < 4.78 is 26.7. The molecule has 1 heterocycles. The average Bonchev–Trinajstić information content (AvgIpc) is 3.57. The number of nitrogens with zero attached hydrogens (tertiary/aromatic N) is 2. The van der Waals surface area contributed by atoms with Gasteiger partial charge in [-0.2, -0.15) is 0 Å². The van der Waals surface area contributed by atoms with Crippen LogP contribution in [0.5, 0.6) is 0 Å². The molecule has 1 atom stereocenters. The highest BCUT2D eigenvalue weighted by Crippen LogP contribution is 2.40. The summed E-state index contributed by atoms with van der Waals surface area (Å²) in [6.07, 6.45) is 1.74. The van der Waals surface area contributed by atoms with Crippen LogP contribution in [0.4, 0.5) is 14.5 Å². The van der Waals surface area contributed by atoms with E-state index in [1.54, 1.807) is 31.3 Å². The highest BCUT2D eigenvalue weighted by molar-refractivity contribution is 5.95. The van der Waals surface area contributed by atoms with Gasteiger partial charge in [-0.3, -0.25) is 14.6 Å². The lowest BCUT2D eigenvalue weighted by atomic mass is 10.0. The van der Waals surface area contributed by atoms with Crippen LogP contribution in [0, 0.1) is 18.6 Å². The van der Waals surface area contributed by atoms with Crippen molar-refractivity contribution in [1.82, 2.24) is 9.97 Å². The number of hydrogen-bond acceptors (Lipinski definition) is 5. The molecule has 3 aromatic rings. The zero-order valence-electron chi connectivity index (χ0n) is 17.1. The first-order valence-electron chi connectivity index (χ1n) is 9.95. The smallest absolute Gasteiger partial charge is 0.269 e. The van der Waals surface area contributed by atoms with Crippen LogP contribution in [0.2, 0.25) is 0 Å². The summed E-state index contributed by atoms with van der Waals surface area (Å²) in [5, 5.41) is 12.7. The second-order valence-corrected chi connectivity index (χ2v) is 7.75. The standard InChI is InChI=1S/C23H20F2N4O3/c1-11-6-16(28-23(32)21(30)13-7-14(24)9-15(25)8-13)4-5-17(11)18-10-27-19(12-2-3-12)20(29-18)22(26)31/h4-10,12,21,30H,2-3H2,1H3,(H2,26,31)(H,28,32). The minimum Gasteiger partial charge on any atom is -0.378 e. The van der Waals surface area contributed by atoms with E-state index in [-0.39, 0.29) is 17.2 Å². The summed E-state index contributed by atoms with van der Waals surface area (Å²) in [6, 6.07) is 7.35. The van der Waals surface area contributed by atoms with Gasteiger partial charge in [0.1, 0.15) is 17.3 Å². The molecule has 1 fully saturated rings. The van der Waals surface area contributed by atoms with Crippen molar-refractivity contribution in [3.05, 3.63) is 76.7 Å². The van der Waals surface area contributed by atoms with E-state index in [9.17, 15) is 23.5 Å². The number of primary amides is 1. The number of aliphatic hydroxyl groups is 1. The normalized spacial score (nSPS) is 14.1. The molecule has 0 bridgehead atoms. The third kappa shape index (κ3) is 4.47. The topological polar surface area (TPSA) is 118 Å². The molecule has 1 aliphatic carbocycles. The van der Waals surface area contributed by atoms with E-state index in [0.717, 1.165) is 30.5 Å². The lowest BCUT2D eigenvalue weighted by Crippen LogP contribution is -2.21. The van der Waals surface area contributed by atoms with Crippen molar-refractivity contribution < 1.29 is 23.5 Å². The van der Waals surface area contributed by atoms with Crippen LogP contribution in [0.1, 0.15) is 52.2 Å². The molecule has 4 N–H and O–H groups in total. The molecule has 0 spiro atoms. The highest BCUT2D eigenvalue weighted by Gasteiger charge is 2.30. The third-order valence-electron chi connectivity index (χ3n) is 5.22. The zero-order valence-corrected chi connectivity index (χ0v) is 17.1. The Hall–Kier alpha value is -3.72. The van der Waals surface area contributed by atoms with E-state index < -0.39 is 29.6 Å². The fraction of sp³-hybridized carbons (Fsp3) is 0.217. The van der Waals surface area contributed by atoms with Gasteiger partial charge in [0, 0.05) is 23.2 Å². The van der Waals surface area contributed by atoms with Crippen molar-refractivity contribution in [2.75, 3.05) is 5.32 Å². The van der Waals surface area contributed by atoms with Crippen molar-refractivity contribution in [3.8, 4) is 11.3 Å². The van der Waals surface area contributed by atoms with Crippen LogP contribution in [0.25, 0.3) is 11.3 Å². The maximum Gasteiger partial charge on any atom is 0.269 e. The number of hydrogen-bond donors (Lipinski definition) is 3. The van der Waals surface area contributed by atoms with Crippen LogP contribution in [0.15, 0.2) is 42.6 Å². The molecule has 7 nitrogen and oxygen atoms in total. The summed E-state index contributed by atoms with van der Waals surface area (Å²) in [7, 11) is 0. The summed E-state index contributed by atoms with van der Waals surface area (Å²) in [5.41, 5.74) is 8.30. The van der Waals surface area contributed by atoms with Gasteiger partial charge in [-0.25, -0.2) is 13.8 Å². The molecule has 0 aliphatic heterocycles. The van der Waals surface area contributed by atoms with Gasteiger partial charge in [-0.15, -0.1) is 0 Å². The second-order valence-electron chi connectivity index (χ2n) is 7.75. The lowest BCUT2D eigenvalue weighted by Gasteiger charge is -2.14. The van der Waals surface area contributed by atoms with Gasteiger partial charge < -0.3 is 16.2 Å². The Morgan fingerprint density at radius 3 is 2.44 bits per heavy atom. The number of carbonyl (C=O) groups is 2. The van der Waals surface area contributed by atoms with Gasteiger partial charge in [-0.05, 0) is 55.2 Å². The van der Waals surface area contributed by atoms with Gasteiger partial charge >= 0.3 is 0 Å². The summed E-state index contributed by atoms with van der Waals surface area (Å²) in [4.78, 5) is 33.0. The van der Waals surface area contributed by atoms with Crippen molar-refractivity contribution >= 4 is 17.5 Å². The van der Waals surface area contributed by atoms with E-state index in [0.29, 0.717) is 28.7 Å². The highest BCUT2D eigenvalue weighted by atomic mass is 19.1. The van der Waals surface area contributed by atoms with Crippen molar-refractivity contribution in [2.24, 2.45) is 5.73 Å². The Bertz CT molecular complexity index is 1210. The molecule has 1 unspecified atom stereocenters. The Morgan fingerprint density at radius 2 is 1.84 bits per heavy atom. The fourth-order valence-corrected chi connectivity index (χ4v) is 3.49. The number of nitrogens with one attached hydrogen (secondary N) is 1. The van der Waals surface area contributed by atoms with E-state index in [1.165, 1.54) is 0 Å². The minimum absolute atomic E-state index is 0.159. The molecule has 2 amide bonds. The van der Waals surface area contributed by atoms with Gasteiger partial charge in [0.05, 0.1) is 17.6 Å². The Balaban J connectivity index is 1.55. The maximum absolute atomic E-state index is 13.4. The zero-order chi connectivity index (χ0) is 23.0. The van der Waals surface area contributed by atoms with Crippen LogP contribution >= 0.6 is 0 Å². The first kappa shape index (κ1) is 21.5. The van der Waals surface area contributed by atoms with E-state index in [1.807, 2.05) is 0 Å². The second kappa shape index (κ2) is 8.43. The van der Waals surface area contributed by atoms with E-state index >= 15 is 0 Å². The monoisotopic (exact) mass is 438 g/mol. The summed E-state index contributed by atoms with van der Waals surface area (Å²) in [5.74, 6) is -3.04. The third-order valence-corrected chi connectivity index (χ3v) is 5.22. The number of aliphatic hydroxyl groups excluding tert-OH is 1. The van der Waals surface area contributed by atoms with E-state index in [4.69, 9.17) is 5.73 Å². The number of carbonyl (C=O) groups excluding carboxylic acids is 2. The average molecular weight is 438 g/mol.